The third-order valence-corrected chi connectivity index (χ3v) is 3.58. The van der Waals surface area contributed by atoms with Gasteiger partial charge < -0.3 is 0 Å². The number of fused-ring (bicyclic) bond motifs is 1. The Hall–Kier alpha value is -2.42. The Balaban J connectivity index is 2.17. The van der Waals surface area contributed by atoms with Gasteiger partial charge >= 0.3 is 0 Å². The molecule has 1 aromatic heterocycles. The maximum Gasteiger partial charge on any atom is 0.153 e. The highest BCUT2D eigenvalue weighted by Gasteiger charge is 2.18. The fourth-order valence-corrected chi connectivity index (χ4v) is 2.38. The van der Waals surface area contributed by atoms with E-state index in [1.165, 1.54) is 5.39 Å². The number of nitrogens with zero attached hydrogens (tertiary/aromatic N) is 2. The van der Waals surface area contributed by atoms with Crippen molar-refractivity contribution in [1.29, 1.82) is 0 Å². The molecular formula is C18H18N2O. The Morgan fingerprint density at radius 2 is 1.76 bits per heavy atom. The fraction of sp³-hybridized carbons (Fsp3) is 0.222. The molecule has 0 N–H and O–H groups in total. The molecule has 3 aromatic rings. The molecule has 3 nitrogen and oxygen atoms in total. The SMILES string of the molecule is CC(C)(C)n1cc(C=O)c(-c2ccc3ccccc3c2)n1. The standard InChI is InChI=1S/C18H18N2O/c1-18(2,3)20-11-16(12-21)17(19-20)15-9-8-13-6-4-5-7-14(13)10-15/h4-12H,1-3H3. The zero-order chi connectivity index (χ0) is 15.0. The van der Waals surface area contributed by atoms with Crippen molar-refractivity contribution in [2.24, 2.45) is 0 Å². The normalized spacial score (nSPS) is 11.8. The molecule has 3 heteroatoms. The number of carbonyl (C=O) groups is 1. The maximum absolute atomic E-state index is 11.4. The highest BCUT2D eigenvalue weighted by Crippen LogP contribution is 2.27. The fourth-order valence-electron chi connectivity index (χ4n) is 2.38. The van der Waals surface area contributed by atoms with Crippen molar-refractivity contribution in [3.63, 3.8) is 0 Å². The topological polar surface area (TPSA) is 34.9 Å². The molecule has 0 amide bonds. The van der Waals surface area contributed by atoms with Gasteiger partial charge in [-0.25, -0.2) is 0 Å². The third kappa shape index (κ3) is 2.47. The quantitative estimate of drug-likeness (QED) is 0.656. The molecule has 0 aliphatic rings. The molecule has 21 heavy (non-hydrogen) atoms. The molecule has 3 rings (SSSR count). The second-order valence-corrected chi connectivity index (χ2v) is 6.23. The Labute approximate surface area is 124 Å². The number of aldehydes is 1. The number of carbonyl (C=O) groups excluding carboxylic acids is 1. The Morgan fingerprint density at radius 3 is 2.43 bits per heavy atom. The predicted molar refractivity (Wildman–Crippen MR) is 85.6 cm³/mol. The molecule has 2 aromatic carbocycles. The van der Waals surface area contributed by atoms with Gasteiger partial charge in [0, 0.05) is 11.8 Å². The van der Waals surface area contributed by atoms with Gasteiger partial charge in [-0.05, 0) is 37.6 Å². The summed E-state index contributed by atoms with van der Waals surface area (Å²) in [4.78, 5) is 11.4. The van der Waals surface area contributed by atoms with Crippen LogP contribution in [0.1, 0.15) is 31.1 Å². The van der Waals surface area contributed by atoms with Gasteiger partial charge in [0.25, 0.3) is 0 Å². The Morgan fingerprint density at radius 1 is 1.05 bits per heavy atom. The average molecular weight is 278 g/mol. The highest BCUT2D eigenvalue weighted by molar-refractivity contribution is 5.91. The van der Waals surface area contributed by atoms with Gasteiger partial charge in [0.05, 0.1) is 11.1 Å². The minimum absolute atomic E-state index is 0.146. The van der Waals surface area contributed by atoms with Crippen LogP contribution in [0.2, 0.25) is 0 Å². The van der Waals surface area contributed by atoms with E-state index in [4.69, 9.17) is 0 Å². The van der Waals surface area contributed by atoms with E-state index in [0.29, 0.717) is 5.56 Å². The molecule has 0 unspecified atom stereocenters. The van der Waals surface area contributed by atoms with Crippen molar-refractivity contribution < 1.29 is 4.79 Å². The zero-order valence-electron chi connectivity index (χ0n) is 12.5. The summed E-state index contributed by atoms with van der Waals surface area (Å²) < 4.78 is 1.85. The largest absolute Gasteiger partial charge is 0.298 e. The van der Waals surface area contributed by atoms with E-state index in [1.807, 2.05) is 29.1 Å². The molecule has 0 saturated heterocycles. The van der Waals surface area contributed by atoms with E-state index in [1.54, 1.807) is 0 Å². The molecular weight excluding hydrogens is 260 g/mol. The predicted octanol–water partition coefficient (Wildman–Crippen LogP) is 4.27. The minimum Gasteiger partial charge on any atom is -0.298 e. The number of aromatic nitrogens is 2. The van der Waals surface area contributed by atoms with Gasteiger partial charge in [-0.1, -0.05) is 36.4 Å². The van der Waals surface area contributed by atoms with Crippen molar-refractivity contribution >= 4 is 17.1 Å². The molecule has 0 spiro atoms. The van der Waals surface area contributed by atoms with Crippen LogP contribution in [0.3, 0.4) is 0 Å². The summed E-state index contributed by atoms with van der Waals surface area (Å²) in [7, 11) is 0. The van der Waals surface area contributed by atoms with Crippen LogP contribution in [0, 0.1) is 0 Å². The molecule has 0 fully saturated rings. The summed E-state index contributed by atoms with van der Waals surface area (Å²) in [6.07, 6.45) is 2.69. The Bertz CT molecular complexity index is 809. The summed E-state index contributed by atoms with van der Waals surface area (Å²) in [6, 6.07) is 14.3. The lowest BCUT2D eigenvalue weighted by molar-refractivity contribution is 0.112. The zero-order valence-corrected chi connectivity index (χ0v) is 12.5. The average Bonchev–Trinajstić information content (AvgIpc) is 2.91. The number of benzene rings is 2. The molecule has 0 radical (unpaired) electrons. The van der Waals surface area contributed by atoms with E-state index in [0.717, 1.165) is 22.9 Å². The van der Waals surface area contributed by atoms with Crippen molar-refractivity contribution in [2.75, 3.05) is 0 Å². The van der Waals surface area contributed by atoms with Crippen molar-refractivity contribution in [3.8, 4) is 11.3 Å². The first kappa shape index (κ1) is 13.6. The molecule has 0 aliphatic carbocycles. The minimum atomic E-state index is -0.146. The second-order valence-electron chi connectivity index (χ2n) is 6.23. The van der Waals surface area contributed by atoms with Gasteiger partial charge in [0.15, 0.2) is 6.29 Å². The first-order chi connectivity index (χ1) is 9.99. The summed E-state index contributed by atoms with van der Waals surface area (Å²) in [5.41, 5.74) is 2.19. The van der Waals surface area contributed by atoms with Crippen molar-refractivity contribution in [2.45, 2.75) is 26.3 Å². The molecule has 1 heterocycles. The maximum atomic E-state index is 11.4. The summed E-state index contributed by atoms with van der Waals surface area (Å²) in [5, 5.41) is 6.95. The van der Waals surface area contributed by atoms with Gasteiger partial charge in [-0.2, -0.15) is 5.10 Å². The van der Waals surface area contributed by atoms with E-state index < -0.39 is 0 Å². The highest BCUT2D eigenvalue weighted by atomic mass is 16.1. The lowest BCUT2D eigenvalue weighted by Gasteiger charge is -2.18. The third-order valence-electron chi connectivity index (χ3n) is 3.58. The van der Waals surface area contributed by atoms with Crippen molar-refractivity contribution in [3.05, 3.63) is 54.2 Å². The summed E-state index contributed by atoms with van der Waals surface area (Å²) in [6.45, 7) is 6.20. The van der Waals surface area contributed by atoms with Crippen LogP contribution in [0.15, 0.2) is 48.7 Å². The number of hydrogen-bond acceptors (Lipinski definition) is 2. The molecule has 0 saturated carbocycles. The smallest absolute Gasteiger partial charge is 0.153 e. The first-order valence-electron chi connectivity index (χ1n) is 7.03. The Kier molecular flexibility index (Phi) is 3.13. The monoisotopic (exact) mass is 278 g/mol. The van der Waals surface area contributed by atoms with Gasteiger partial charge in [0.1, 0.15) is 5.69 Å². The summed E-state index contributed by atoms with van der Waals surface area (Å²) in [5.74, 6) is 0. The molecule has 106 valence electrons. The molecule has 0 bridgehead atoms. The first-order valence-corrected chi connectivity index (χ1v) is 7.03. The van der Waals surface area contributed by atoms with E-state index in [2.05, 4.69) is 50.1 Å². The molecule has 0 aliphatic heterocycles. The van der Waals surface area contributed by atoms with Crippen LogP contribution in [0.25, 0.3) is 22.0 Å². The lowest BCUT2D eigenvalue weighted by Crippen LogP contribution is -2.22. The summed E-state index contributed by atoms with van der Waals surface area (Å²) >= 11 is 0. The molecule has 0 atom stereocenters. The van der Waals surface area contributed by atoms with Crippen LogP contribution in [0.4, 0.5) is 0 Å². The van der Waals surface area contributed by atoms with E-state index in [-0.39, 0.29) is 5.54 Å². The number of rotatable bonds is 2. The lowest BCUT2D eigenvalue weighted by atomic mass is 10.0. The van der Waals surface area contributed by atoms with Crippen LogP contribution in [-0.4, -0.2) is 16.1 Å². The van der Waals surface area contributed by atoms with E-state index >= 15 is 0 Å². The van der Waals surface area contributed by atoms with Crippen LogP contribution in [-0.2, 0) is 5.54 Å². The van der Waals surface area contributed by atoms with Gasteiger partial charge in [-0.15, -0.1) is 0 Å². The van der Waals surface area contributed by atoms with Gasteiger partial charge in [-0.3, -0.25) is 9.48 Å². The van der Waals surface area contributed by atoms with Crippen LogP contribution in [0.5, 0.6) is 0 Å². The van der Waals surface area contributed by atoms with Crippen LogP contribution >= 0.6 is 0 Å². The van der Waals surface area contributed by atoms with Crippen molar-refractivity contribution in [1.82, 2.24) is 9.78 Å². The van der Waals surface area contributed by atoms with Crippen LogP contribution < -0.4 is 0 Å². The second kappa shape index (κ2) is 4.85. The number of hydrogen-bond donors (Lipinski definition) is 0. The van der Waals surface area contributed by atoms with E-state index in [9.17, 15) is 4.79 Å². The van der Waals surface area contributed by atoms with Gasteiger partial charge in [0.2, 0.25) is 0 Å².